The molecule has 2 rings (SSSR count). The molecule has 0 aliphatic carbocycles. The van der Waals surface area contributed by atoms with E-state index in [0.717, 1.165) is 0 Å². The lowest BCUT2D eigenvalue weighted by Crippen LogP contribution is -2.11. The largest absolute Gasteiger partial charge is 0.612 e. The summed E-state index contributed by atoms with van der Waals surface area (Å²) in [5, 5.41) is 20.8. The maximum atomic E-state index is 12.0. The van der Waals surface area contributed by atoms with Gasteiger partial charge in [0.1, 0.15) is 5.41 Å². The Morgan fingerprint density at radius 2 is 1.52 bits per heavy atom. The number of allylic oxidation sites excluding steroid dienone is 1. The number of ketones is 1. The fraction of sp³-hybridized carbons (Fsp3) is 0.150. The molecule has 7 heteroatoms. The number of rotatable bonds is 8. The minimum absolute atomic E-state index is 0.0211. The third kappa shape index (κ3) is 6.09. The molecule has 0 heterocycles. The van der Waals surface area contributed by atoms with Crippen LogP contribution in [0.3, 0.4) is 0 Å². The van der Waals surface area contributed by atoms with Crippen molar-refractivity contribution in [3.8, 4) is 23.0 Å². The van der Waals surface area contributed by atoms with Crippen molar-refractivity contribution in [1.82, 2.24) is 0 Å². The van der Waals surface area contributed by atoms with Crippen LogP contribution < -0.4 is 9.47 Å². The van der Waals surface area contributed by atoms with Crippen LogP contribution in [0.15, 0.2) is 47.9 Å². The number of methoxy groups -OCH3 is 2. The molecule has 1 unspecified atom stereocenters. The van der Waals surface area contributed by atoms with E-state index in [1.165, 1.54) is 43.9 Å². The van der Waals surface area contributed by atoms with Crippen molar-refractivity contribution in [2.75, 3.05) is 20.0 Å². The molecule has 0 amide bonds. The molecule has 142 valence electrons. The van der Waals surface area contributed by atoms with Gasteiger partial charge in [0.15, 0.2) is 28.8 Å². The second-order valence-electron chi connectivity index (χ2n) is 5.49. The third-order valence-corrected chi connectivity index (χ3v) is 4.57. The fourth-order valence-electron chi connectivity index (χ4n) is 2.20. The van der Waals surface area contributed by atoms with Crippen LogP contribution in [-0.2, 0) is 16.0 Å². The number of phenols is 2. The number of benzene rings is 2. The highest BCUT2D eigenvalue weighted by atomic mass is 32.2. The van der Waals surface area contributed by atoms with E-state index in [1.807, 2.05) is 0 Å². The summed E-state index contributed by atoms with van der Waals surface area (Å²) in [5.74, 6) is 0.156. The van der Waals surface area contributed by atoms with Crippen molar-refractivity contribution < 1.29 is 29.0 Å². The number of ether oxygens (including phenoxy) is 2. The van der Waals surface area contributed by atoms with Gasteiger partial charge in [-0.3, -0.25) is 4.79 Å². The molecule has 2 aromatic carbocycles. The first-order chi connectivity index (χ1) is 12.9. The predicted molar refractivity (Wildman–Crippen MR) is 105 cm³/mol. The highest BCUT2D eigenvalue weighted by Crippen LogP contribution is 2.27. The molecule has 27 heavy (non-hydrogen) atoms. The van der Waals surface area contributed by atoms with E-state index >= 15 is 0 Å². The second-order valence-corrected chi connectivity index (χ2v) is 6.81. The molecular weight excluding hydrogens is 368 g/mol. The Bertz CT molecular complexity index is 860. The molecule has 0 bridgehead atoms. The third-order valence-electron chi connectivity index (χ3n) is 3.56. The van der Waals surface area contributed by atoms with E-state index in [0.29, 0.717) is 22.6 Å². The molecule has 0 aliphatic rings. The Labute approximate surface area is 160 Å². The van der Waals surface area contributed by atoms with Crippen molar-refractivity contribution in [1.29, 1.82) is 0 Å². The minimum Gasteiger partial charge on any atom is -0.612 e. The second kappa shape index (κ2) is 9.70. The van der Waals surface area contributed by atoms with E-state index in [9.17, 15) is 19.6 Å². The smallest absolute Gasteiger partial charge is 0.205 e. The van der Waals surface area contributed by atoms with Crippen molar-refractivity contribution >= 4 is 29.1 Å². The Morgan fingerprint density at radius 1 is 1.00 bits per heavy atom. The Hall–Kier alpha value is -2.90. The van der Waals surface area contributed by atoms with Gasteiger partial charge in [-0.1, -0.05) is 18.2 Å². The lowest BCUT2D eigenvalue weighted by Gasteiger charge is -2.05. The minimum atomic E-state index is -1.50. The number of carbonyl (C=O) groups excluding carboxylic acids is 1. The quantitative estimate of drug-likeness (QED) is 0.532. The van der Waals surface area contributed by atoms with Crippen molar-refractivity contribution in [2.24, 2.45) is 0 Å². The van der Waals surface area contributed by atoms with Gasteiger partial charge in [0, 0.05) is 0 Å². The SMILES string of the molecule is COc1ccc(/C=C/C(=O)C[S+]([O-])/C=C/c2ccc(OC)c(O)c2)cc1O. The van der Waals surface area contributed by atoms with Crippen LogP contribution in [0.25, 0.3) is 12.2 Å². The van der Waals surface area contributed by atoms with Crippen LogP contribution in [0.1, 0.15) is 11.1 Å². The fourth-order valence-corrected chi connectivity index (χ4v) is 2.98. The zero-order valence-electron chi connectivity index (χ0n) is 14.9. The highest BCUT2D eigenvalue weighted by molar-refractivity contribution is 7.95. The molecule has 0 radical (unpaired) electrons. The summed E-state index contributed by atoms with van der Waals surface area (Å²) in [6.07, 6.45) is 4.41. The van der Waals surface area contributed by atoms with E-state index in [2.05, 4.69) is 0 Å². The molecule has 0 saturated heterocycles. The van der Waals surface area contributed by atoms with Crippen LogP contribution in [0.2, 0.25) is 0 Å². The van der Waals surface area contributed by atoms with Gasteiger partial charge < -0.3 is 24.2 Å². The number of carbonyl (C=O) groups is 1. The van der Waals surface area contributed by atoms with Gasteiger partial charge in [-0.2, -0.15) is 0 Å². The summed E-state index contributed by atoms with van der Waals surface area (Å²) < 4.78 is 21.9. The molecule has 2 N–H and O–H groups in total. The number of phenolic OH excluding ortho intramolecular Hbond substituents is 2. The zero-order valence-corrected chi connectivity index (χ0v) is 15.7. The highest BCUT2D eigenvalue weighted by Gasteiger charge is 2.09. The lowest BCUT2D eigenvalue weighted by atomic mass is 10.2. The van der Waals surface area contributed by atoms with Gasteiger partial charge >= 0.3 is 0 Å². The normalized spacial score (nSPS) is 12.4. The number of hydrogen-bond donors (Lipinski definition) is 2. The number of hydrogen-bond acceptors (Lipinski definition) is 6. The summed E-state index contributed by atoms with van der Waals surface area (Å²) in [6, 6.07) is 9.51. The average Bonchev–Trinajstić information content (AvgIpc) is 2.65. The summed E-state index contributed by atoms with van der Waals surface area (Å²) in [5.41, 5.74) is 1.26. The number of aromatic hydroxyl groups is 2. The standard InChI is InChI=1S/C20H20O6S/c1-25-19-7-4-14(11-17(19)22)3-6-16(21)13-27(24)10-9-15-5-8-20(26-2)18(23)12-15/h3-12,22-23H,13H2,1-2H3/b6-3+,10-9+. The molecule has 6 nitrogen and oxygen atoms in total. The molecule has 0 aromatic heterocycles. The van der Waals surface area contributed by atoms with Crippen molar-refractivity contribution in [2.45, 2.75) is 0 Å². The Kier molecular flexibility index (Phi) is 7.34. The summed E-state index contributed by atoms with van der Waals surface area (Å²) in [7, 11) is 2.90. The van der Waals surface area contributed by atoms with Crippen LogP contribution in [-0.4, -0.2) is 40.5 Å². The van der Waals surface area contributed by atoms with Crippen LogP contribution >= 0.6 is 0 Å². The van der Waals surface area contributed by atoms with Crippen molar-refractivity contribution in [3.05, 3.63) is 59.0 Å². The Balaban J connectivity index is 1.93. The molecule has 2 aromatic rings. The molecule has 0 spiro atoms. The van der Waals surface area contributed by atoms with E-state index in [1.54, 1.807) is 30.3 Å². The van der Waals surface area contributed by atoms with Crippen LogP contribution in [0, 0.1) is 0 Å². The van der Waals surface area contributed by atoms with Crippen molar-refractivity contribution in [3.63, 3.8) is 0 Å². The topological polar surface area (TPSA) is 99.1 Å². The average molecular weight is 388 g/mol. The molecular formula is C20H20O6S. The maximum Gasteiger partial charge on any atom is 0.205 e. The van der Waals surface area contributed by atoms with Gasteiger partial charge in [-0.05, 0) is 58.7 Å². The molecule has 1 atom stereocenters. The van der Waals surface area contributed by atoms with Crippen LogP contribution in [0.4, 0.5) is 0 Å². The van der Waals surface area contributed by atoms with Gasteiger partial charge in [0.05, 0.1) is 14.2 Å². The predicted octanol–water partition coefficient (Wildman–Crippen LogP) is 3.12. The Morgan fingerprint density at radius 3 is 2.00 bits per heavy atom. The monoisotopic (exact) mass is 388 g/mol. The molecule has 0 aliphatic heterocycles. The zero-order chi connectivity index (χ0) is 19.8. The summed E-state index contributed by atoms with van der Waals surface area (Å²) >= 11 is -1.50. The van der Waals surface area contributed by atoms with E-state index in [-0.39, 0.29) is 23.0 Å². The first-order valence-electron chi connectivity index (χ1n) is 7.93. The lowest BCUT2D eigenvalue weighted by molar-refractivity contribution is -0.112. The molecule has 0 saturated carbocycles. The molecule has 0 fully saturated rings. The summed E-state index contributed by atoms with van der Waals surface area (Å²) in [4.78, 5) is 11.9. The van der Waals surface area contributed by atoms with Gasteiger partial charge in [-0.15, -0.1) is 0 Å². The van der Waals surface area contributed by atoms with E-state index in [4.69, 9.17) is 9.47 Å². The van der Waals surface area contributed by atoms with Gasteiger partial charge in [0.2, 0.25) is 5.78 Å². The maximum absolute atomic E-state index is 12.0. The van der Waals surface area contributed by atoms with Gasteiger partial charge in [0.25, 0.3) is 0 Å². The van der Waals surface area contributed by atoms with Gasteiger partial charge in [-0.25, -0.2) is 0 Å². The summed E-state index contributed by atoms with van der Waals surface area (Å²) in [6.45, 7) is 0. The first kappa shape index (κ1) is 20.4. The van der Waals surface area contributed by atoms with Crippen LogP contribution in [0.5, 0.6) is 23.0 Å². The first-order valence-corrected chi connectivity index (χ1v) is 9.31. The van der Waals surface area contributed by atoms with E-state index < -0.39 is 11.2 Å².